The number of aliphatic hydroxyl groups excluding tert-OH is 2. The number of rotatable bonds is 12. The number of allylic oxidation sites excluding steroid dienone is 1. The molecule has 0 radical (unpaired) electrons. The van der Waals surface area contributed by atoms with Crippen LogP contribution in [0.1, 0.15) is 22.6 Å². The number of esters is 4. The number of carbonyl (C=O) groups is 4. The summed E-state index contributed by atoms with van der Waals surface area (Å²) in [5.74, 6) is -11.5. The monoisotopic (exact) mass is 750 g/mol. The van der Waals surface area contributed by atoms with Crippen molar-refractivity contribution >= 4 is 23.9 Å². The Morgan fingerprint density at radius 2 is 1.15 bits per heavy atom. The number of fused-ring (bicyclic) bond motifs is 2. The average Bonchev–Trinajstić information content (AvgIpc) is 3.14. The maximum atomic E-state index is 14.2. The predicted molar refractivity (Wildman–Crippen MR) is 183 cm³/mol. The Bertz CT molecular complexity index is 1990. The number of hydrogen-bond donors (Lipinski definition) is 8. The molecule has 0 unspecified atom stereocenters. The fourth-order valence-electron chi connectivity index (χ4n) is 6.90. The molecule has 3 aromatic rings. The summed E-state index contributed by atoms with van der Waals surface area (Å²) >= 11 is 0. The summed E-state index contributed by atoms with van der Waals surface area (Å²) in [6.45, 7) is 0. The highest BCUT2D eigenvalue weighted by Crippen LogP contribution is 2.54. The van der Waals surface area contributed by atoms with E-state index in [0.717, 1.165) is 26.4 Å². The van der Waals surface area contributed by atoms with Crippen LogP contribution in [-0.4, -0.2) is 103 Å². The second-order valence-corrected chi connectivity index (χ2v) is 12.8. The molecule has 16 heteroatoms. The van der Waals surface area contributed by atoms with Crippen molar-refractivity contribution in [3.8, 4) is 34.5 Å². The SMILES string of the molecule is COC(=O)[C@H](Cc1ccc(O)c(O)c1)OC(=O)/C=C/C1=C[C@@H]2[C@H](O)[C@H](O)[C@H]1[C@H](C(=O)O[C@@H](Cc1ccc(O)c(O)c1)C(=O)OC)[C@H]2c1ccc(O)c(O)c1. The molecule has 0 saturated heterocycles. The van der Waals surface area contributed by atoms with Gasteiger partial charge in [-0.3, -0.25) is 4.79 Å². The van der Waals surface area contributed by atoms with Crippen LogP contribution in [0.5, 0.6) is 34.5 Å². The molecule has 54 heavy (non-hydrogen) atoms. The smallest absolute Gasteiger partial charge is 0.347 e. The van der Waals surface area contributed by atoms with Crippen LogP contribution in [0.15, 0.2) is 78.4 Å². The van der Waals surface area contributed by atoms with Crippen LogP contribution in [0, 0.1) is 17.8 Å². The Labute approximate surface area is 307 Å². The predicted octanol–water partition coefficient (Wildman–Crippen LogP) is 1.74. The van der Waals surface area contributed by atoms with E-state index in [9.17, 15) is 60.0 Å². The second-order valence-electron chi connectivity index (χ2n) is 12.8. The summed E-state index contributed by atoms with van der Waals surface area (Å²) in [4.78, 5) is 52.6. The van der Waals surface area contributed by atoms with E-state index in [0.29, 0.717) is 5.56 Å². The van der Waals surface area contributed by atoms with E-state index in [1.54, 1.807) is 0 Å². The highest BCUT2D eigenvalue weighted by atomic mass is 16.6. The lowest BCUT2D eigenvalue weighted by atomic mass is 9.55. The number of aromatic hydroxyl groups is 6. The van der Waals surface area contributed by atoms with Crippen molar-refractivity contribution in [1.29, 1.82) is 0 Å². The third-order valence-corrected chi connectivity index (χ3v) is 9.51. The van der Waals surface area contributed by atoms with Crippen molar-refractivity contribution < 1.29 is 79.0 Å². The lowest BCUT2D eigenvalue weighted by Gasteiger charge is -2.51. The standard InChI is InChI=1S/C38H38O16/c1-51-36(48)28(13-17-3-7-22(39)25(42)11-17)53-30(45)10-6-19-15-21-31(20-5-9-24(41)27(44)16-20)33(32(19)35(47)34(21)46)38(50)54-29(37(49)52-2)14-18-4-8-23(40)26(43)12-18/h3-12,15-16,21,28-29,31-35,39-44,46-47H,13-14H2,1-2H3/b10-6+/t21-,28-,29-,31-,32+,33+,34-,35+/m0/s1. The summed E-state index contributed by atoms with van der Waals surface area (Å²) in [7, 11) is 2.14. The van der Waals surface area contributed by atoms with Gasteiger partial charge in [0.25, 0.3) is 0 Å². The molecule has 0 spiro atoms. The van der Waals surface area contributed by atoms with Gasteiger partial charge in [0.05, 0.1) is 32.3 Å². The molecule has 0 aliphatic heterocycles. The summed E-state index contributed by atoms with van der Waals surface area (Å²) in [5, 5.41) is 81.9. The van der Waals surface area contributed by atoms with Crippen LogP contribution in [0.4, 0.5) is 0 Å². The molecule has 286 valence electrons. The van der Waals surface area contributed by atoms with E-state index in [2.05, 4.69) is 0 Å². The first kappa shape index (κ1) is 39.0. The van der Waals surface area contributed by atoms with Gasteiger partial charge in [-0.1, -0.05) is 30.4 Å². The zero-order valence-electron chi connectivity index (χ0n) is 28.8. The molecule has 6 rings (SSSR count). The van der Waals surface area contributed by atoms with Crippen molar-refractivity contribution in [3.05, 3.63) is 95.1 Å². The number of benzene rings is 3. The summed E-state index contributed by atoms with van der Waals surface area (Å²) in [6.07, 6.45) is -3.05. The van der Waals surface area contributed by atoms with E-state index < -0.39 is 106 Å². The number of ether oxygens (including phenoxy) is 4. The first-order chi connectivity index (χ1) is 25.6. The lowest BCUT2D eigenvalue weighted by molar-refractivity contribution is -0.177. The fraction of sp³-hybridized carbons (Fsp3) is 0.316. The topological polar surface area (TPSA) is 267 Å². The number of hydrogen-bond acceptors (Lipinski definition) is 16. The van der Waals surface area contributed by atoms with Gasteiger partial charge >= 0.3 is 23.9 Å². The highest BCUT2D eigenvalue weighted by molar-refractivity contribution is 5.87. The number of phenolic OH excluding ortho intramolecular Hbond substituents is 6. The molecule has 1 saturated carbocycles. The Kier molecular flexibility index (Phi) is 11.7. The first-order valence-electron chi connectivity index (χ1n) is 16.5. The zero-order chi connectivity index (χ0) is 39.4. The molecule has 8 N–H and O–H groups in total. The Morgan fingerprint density at radius 1 is 0.648 bits per heavy atom. The zero-order valence-corrected chi connectivity index (χ0v) is 28.8. The maximum Gasteiger partial charge on any atom is 0.347 e. The molecular weight excluding hydrogens is 712 g/mol. The summed E-state index contributed by atoms with van der Waals surface area (Å²) in [6, 6.07) is 11.2. The fourth-order valence-corrected chi connectivity index (χ4v) is 6.90. The Hall–Kier alpha value is -6.26. The van der Waals surface area contributed by atoms with Gasteiger partial charge in [-0.15, -0.1) is 0 Å². The minimum Gasteiger partial charge on any atom is -0.504 e. The third-order valence-electron chi connectivity index (χ3n) is 9.51. The average molecular weight is 751 g/mol. The molecule has 0 aromatic heterocycles. The van der Waals surface area contributed by atoms with Crippen molar-refractivity contribution in [3.63, 3.8) is 0 Å². The molecule has 3 aromatic carbocycles. The van der Waals surface area contributed by atoms with Crippen LogP contribution in [0.3, 0.4) is 0 Å². The number of phenols is 6. The van der Waals surface area contributed by atoms with Crippen LogP contribution >= 0.6 is 0 Å². The van der Waals surface area contributed by atoms with Crippen LogP contribution in [0.25, 0.3) is 0 Å². The number of aliphatic hydroxyl groups is 2. The van der Waals surface area contributed by atoms with Crippen LogP contribution in [0.2, 0.25) is 0 Å². The summed E-state index contributed by atoms with van der Waals surface area (Å²) in [5.41, 5.74) is 1.03. The van der Waals surface area contributed by atoms with Crippen LogP contribution < -0.4 is 0 Å². The van der Waals surface area contributed by atoms with Crippen LogP contribution in [-0.2, 0) is 51.0 Å². The Balaban J connectivity index is 1.47. The van der Waals surface area contributed by atoms with Gasteiger partial charge in [0.15, 0.2) is 34.5 Å². The minimum absolute atomic E-state index is 0.173. The maximum absolute atomic E-state index is 14.2. The van der Waals surface area contributed by atoms with Gasteiger partial charge in [0.2, 0.25) is 12.2 Å². The minimum atomic E-state index is -1.62. The van der Waals surface area contributed by atoms with Gasteiger partial charge in [0.1, 0.15) is 0 Å². The molecule has 2 bridgehead atoms. The molecule has 3 aliphatic carbocycles. The van der Waals surface area contributed by atoms with E-state index in [4.69, 9.17) is 18.9 Å². The molecule has 8 atom stereocenters. The van der Waals surface area contributed by atoms with E-state index in [1.165, 1.54) is 60.7 Å². The van der Waals surface area contributed by atoms with E-state index in [1.807, 2.05) is 0 Å². The molecule has 0 heterocycles. The molecule has 3 aliphatic rings. The van der Waals surface area contributed by atoms with Crippen molar-refractivity contribution in [2.24, 2.45) is 17.8 Å². The highest BCUT2D eigenvalue weighted by Gasteiger charge is 2.57. The van der Waals surface area contributed by atoms with Gasteiger partial charge in [0, 0.05) is 36.7 Å². The summed E-state index contributed by atoms with van der Waals surface area (Å²) < 4.78 is 20.6. The second kappa shape index (κ2) is 16.2. The first-order valence-corrected chi connectivity index (χ1v) is 16.5. The normalized spacial score (nSPS) is 22.9. The van der Waals surface area contributed by atoms with Gasteiger partial charge in [-0.05, 0) is 58.7 Å². The quantitative estimate of drug-likeness (QED) is 0.0567. The largest absolute Gasteiger partial charge is 0.504 e. The van der Waals surface area contributed by atoms with Crippen molar-refractivity contribution in [2.75, 3.05) is 14.2 Å². The van der Waals surface area contributed by atoms with Crippen molar-refractivity contribution in [1.82, 2.24) is 0 Å². The van der Waals surface area contributed by atoms with E-state index >= 15 is 0 Å². The molecule has 1 fully saturated rings. The molecular formula is C38H38O16. The molecule has 0 amide bonds. The van der Waals surface area contributed by atoms with Crippen molar-refractivity contribution in [2.45, 2.75) is 43.2 Å². The van der Waals surface area contributed by atoms with Gasteiger partial charge < -0.3 is 59.8 Å². The van der Waals surface area contributed by atoms with Gasteiger partial charge in [-0.2, -0.15) is 0 Å². The number of carbonyl (C=O) groups excluding carboxylic acids is 4. The van der Waals surface area contributed by atoms with E-state index in [-0.39, 0.29) is 29.5 Å². The lowest BCUT2D eigenvalue weighted by Crippen LogP contribution is -2.57. The number of methoxy groups -OCH3 is 2. The van der Waals surface area contributed by atoms with Gasteiger partial charge in [-0.25, -0.2) is 14.4 Å². The Morgan fingerprint density at radius 3 is 1.65 bits per heavy atom. The molecule has 16 nitrogen and oxygen atoms in total. The third kappa shape index (κ3) is 8.19.